The SMILES string of the molecule is CCCCc1ccc(NC(=O)CSc2nnc(-c3ccc(C)cc3)n2-c2ccc(Cl)cc2)cc1. The summed E-state index contributed by atoms with van der Waals surface area (Å²) in [5, 5.41) is 13.1. The molecule has 0 radical (unpaired) electrons. The molecule has 0 aliphatic carbocycles. The molecule has 5 nitrogen and oxygen atoms in total. The molecule has 174 valence electrons. The molecule has 0 saturated carbocycles. The summed E-state index contributed by atoms with van der Waals surface area (Å²) in [6, 6.07) is 23.7. The number of nitrogens with zero attached hydrogens (tertiary/aromatic N) is 3. The number of hydrogen-bond acceptors (Lipinski definition) is 4. The second-order valence-corrected chi connectivity index (χ2v) is 9.50. The summed E-state index contributed by atoms with van der Waals surface area (Å²) in [7, 11) is 0. The lowest BCUT2D eigenvalue weighted by atomic mass is 10.1. The van der Waals surface area contributed by atoms with Gasteiger partial charge >= 0.3 is 0 Å². The van der Waals surface area contributed by atoms with Crippen molar-refractivity contribution in [3.05, 3.63) is 88.9 Å². The fourth-order valence-corrected chi connectivity index (χ4v) is 4.42. The first-order chi connectivity index (χ1) is 16.5. The van der Waals surface area contributed by atoms with Crippen LogP contribution in [0.25, 0.3) is 17.1 Å². The number of amides is 1. The van der Waals surface area contributed by atoms with Gasteiger partial charge in [0.1, 0.15) is 0 Å². The van der Waals surface area contributed by atoms with Crippen molar-refractivity contribution in [2.75, 3.05) is 11.1 Å². The molecule has 1 heterocycles. The molecule has 4 aromatic rings. The Morgan fingerprint density at radius 2 is 1.68 bits per heavy atom. The molecule has 0 saturated heterocycles. The molecule has 3 aromatic carbocycles. The van der Waals surface area contributed by atoms with Crippen LogP contribution in [0.5, 0.6) is 0 Å². The Kier molecular flexibility index (Phi) is 8.03. The van der Waals surface area contributed by atoms with E-state index in [0.29, 0.717) is 16.0 Å². The number of rotatable bonds is 9. The molecule has 0 unspecified atom stereocenters. The highest BCUT2D eigenvalue weighted by Crippen LogP contribution is 2.29. The second-order valence-electron chi connectivity index (χ2n) is 8.12. The van der Waals surface area contributed by atoms with Crippen molar-refractivity contribution in [1.29, 1.82) is 0 Å². The van der Waals surface area contributed by atoms with Crippen LogP contribution < -0.4 is 5.32 Å². The summed E-state index contributed by atoms with van der Waals surface area (Å²) >= 11 is 7.45. The Balaban J connectivity index is 1.50. The maximum Gasteiger partial charge on any atom is 0.234 e. The molecule has 0 bridgehead atoms. The standard InChI is InChI=1S/C27H27ClN4OS/c1-3-4-5-20-8-14-23(15-9-20)29-25(33)18-34-27-31-30-26(21-10-6-19(2)7-11-21)32(27)24-16-12-22(28)13-17-24/h6-17H,3-5,18H2,1-2H3,(H,29,33). The zero-order valence-corrected chi connectivity index (χ0v) is 20.9. The highest BCUT2D eigenvalue weighted by atomic mass is 35.5. The molecule has 1 amide bonds. The molecule has 1 N–H and O–H groups in total. The molecule has 1 aromatic heterocycles. The van der Waals surface area contributed by atoms with Gasteiger partial charge < -0.3 is 5.32 Å². The molecule has 34 heavy (non-hydrogen) atoms. The van der Waals surface area contributed by atoms with E-state index in [9.17, 15) is 4.79 Å². The molecule has 0 aliphatic rings. The quantitative estimate of drug-likeness (QED) is 0.257. The second kappa shape index (κ2) is 11.4. The number of nitrogens with one attached hydrogen (secondary N) is 1. The number of aryl methyl sites for hydroxylation is 2. The van der Waals surface area contributed by atoms with Gasteiger partial charge in [-0.05, 0) is 61.7 Å². The summed E-state index contributed by atoms with van der Waals surface area (Å²) in [6.07, 6.45) is 3.40. The summed E-state index contributed by atoms with van der Waals surface area (Å²) in [5.41, 5.74) is 5.09. The van der Waals surface area contributed by atoms with E-state index in [1.165, 1.54) is 35.7 Å². The van der Waals surface area contributed by atoms with Gasteiger partial charge in [-0.2, -0.15) is 0 Å². The van der Waals surface area contributed by atoms with Gasteiger partial charge in [-0.3, -0.25) is 9.36 Å². The van der Waals surface area contributed by atoms with Crippen molar-refractivity contribution < 1.29 is 4.79 Å². The van der Waals surface area contributed by atoms with Crippen LogP contribution in [0, 0.1) is 6.92 Å². The van der Waals surface area contributed by atoms with Crippen molar-refractivity contribution in [2.24, 2.45) is 0 Å². The number of carbonyl (C=O) groups excluding carboxylic acids is 1. The zero-order valence-electron chi connectivity index (χ0n) is 19.3. The average molecular weight is 491 g/mol. The first kappa shape index (κ1) is 24.0. The Bertz CT molecular complexity index is 1240. The van der Waals surface area contributed by atoms with Gasteiger partial charge in [-0.25, -0.2) is 0 Å². The Morgan fingerprint density at radius 3 is 2.35 bits per heavy atom. The molecule has 0 atom stereocenters. The number of halogens is 1. The van der Waals surface area contributed by atoms with Gasteiger partial charge in [0.05, 0.1) is 5.75 Å². The number of anilines is 1. The lowest BCUT2D eigenvalue weighted by Gasteiger charge is -2.11. The summed E-state index contributed by atoms with van der Waals surface area (Å²) in [5.74, 6) is 0.846. The largest absolute Gasteiger partial charge is 0.325 e. The van der Waals surface area contributed by atoms with Crippen molar-refractivity contribution in [3.8, 4) is 17.1 Å². The van der Waals surface area contributed by atoms with Gasteiger partial charge in [0.15, 0.2) is 11.0 Å². The fourth-order valence-electron chi connectivity index (χ4n) is 3.54. The third-order valence-corrected chi connectivity index (χ3v) is 6.60. The van der Waals surface area contributed by atoms with E-state index in [1.807, 2.05) is 72.2 Å². The molecule has 7 heteroatoms. The lowest BCUT2D eigenvalue weighted by Crippen LogP contribution is -2.14. The smallest absolute Gasteiger partial charge is 0.234 e. The highest BCUT2D eigenvalue weighted by Gasteiger charge is 2.17. The minimum Gasteiger partial charge on any atom is -0.325 e. The first-order valence-electron chi connectivity index (χ1n) is 11.3. The van der Waals surface area contributed by atoms with Crippen LogP contribution >= 0.6 is 23.4 Å². The van der Waals surface area contributed by atoms with E-state index in [4.69, 9.17) is 11.6 Å². The summed E-state index contributed by atoms with van der Waals surface area (Å²) < 4.78 is 1.96. The Hall–Kier alpha value is -3.09. The predicted molar refractivity (Wildman–Crippen MR) is 141 cm³/mol. The average Bonchev–Trinajstić information content (AvgIpc) is 3.27. The molecular formula is C27H27ClN4OS. The van der Waals surface area contributed by atoms with Crippen LogP contribution in [0.15, 0.2) is 78.0 Å². The molecule has 0 fully saturated rings. The van der Waals surface area contributed by atoms with E-state index >= 15 is 0 Å². The summed E-state index contributed by atoms with van der Waals surface area (Å²) in [4.78, 5) is 12.6. The van der Waals surface area contributed by atoms with E-state index in [-0.39, 0.29) is 11.7 Å². The van der Waals surface area contributed by atoms with Crippen LogP contribution in [-0.2, 0) is 11.2 Å². The topological polar surface area (TPSA) is 59.8 Å². The summed E-state index contributed by atoms with van der Waals surface area (Å²) in [6.45, 7) is 4.23. The Labute approximate surface area is 209 Å². The number of carbonyl (C=O) groups is 1. The van der Waals surface area contributed by atoms with Gasteiger partial charge in [-0.1, -0.05) is 78.7 Å². The van der Waals surface area contributed by atoms with E-state index in [2.05, 4.69) is 34.6 Å². The van der Waals surface area contributed by atoms with Crippen LogP contribution in [0.4, 0.5) is 5.69 Å². The monoisotopic (exact) mass is 490 g/mol. The van der Waals surface area contributed by atoms with Gasteiger partial charge in [0.25, 0.3) is 0 Å². The van der Waals surface area contributed by atoms with Crippen molar-refractivity contribution in [2.45, 2.75) is 38.3 Å². The molecular weight excluding hydrogens is 464 g/mol. The maximum absolute atomic E-state index is 12.6. The number of benzene rings is 3. The highest BCUT2D eigenvalue weighted by molar-refractivity contribution is 7.99. The van der Waals surface area contributed by atoms with Gasteiger partial charge in [-0.15, -0.1) is 10.2 Å². The molecule has 0 spiro atoms. The normalized spacial score (nSPS) is 10.9. The lowest BCUT2D eigenvalue weighted by molar-refractivity contribution is -0.113. The fraction of sp³-hybridized carbons (Fsp3) is 0.222. The van der Waals surface area contributed by atoms with Gasteiger partial charge in [0, 0.05) is 22.0 Å². The van der Waals surface area contributed by atoms with Crippen LogP contribution in [0.1, 0.15) is 30.9 Å². The van der Waals surface area contributed by atoms with Crippen LogP contribution in [-0.4, -0.2) is 26.4 Å². The number of aromatic nitrogens is 3. The van der Waals surface area contributed by atoms with Crippen molar-refractivity contribution in [3.63, 3.8) is 0 Å². The molecule has 0 aliphatic heterocycles. The van der Waals surface area contributed by atoms with E-state index in [0.717, 1.165) is 23.4 Å². The first-order valence-corrected chi connectivity index (χ1v) is 12.7. The Morgan fingerprint density at radius 1 is 0.971 bits per heavy atom. The number of unbranched alkanes of at least 4 members (excludes halogenated alkanes) is 1. The van der Waals surface area contributed by atoms with Crippen LogP contribution in [0.2, 0.25) is 5.02 Å². The third kappa shape index (κ3) is 6.07. The van der Waals surface area contributed by atoms with E-state index < -0.39 is 0 Å². The minimum atomic E-state index is -0.0890. The zero-order chi connectivity index (χ0) is 23.9. The number of thioether (sulfide) groups is 1. The van der Waals surface area contributed by atoms with Crippen molar-refractivity contribution >= 4 is 35.0 Å². The van der Waals surface area contributed by atoms with Crippen LogP contribution in [0.3, 0.4) is 0 Å². The van der Waals surface area contributed by atoms with Crippen molar-refractivity contribution in [1.82, 2.24) is 14.8 Å². The minimum absolute atomic E-state index is 0.0890. The van der Waals surface area contributed by atoms with E-state index in [1.54, 1.807) is 0 Å². The number of hydrogen-bond donors (Lipinski definition) is 1. The third-order valence-electron chi connectivity index (χ3n) is 5.42. The maximum atomic E-state index is 12.6. The molecule has 4 rings (SSSR count). The van der Waals surface area contributed by atoms with Gasteiger partial charge in [0.2, 0.25) is 5.91 Å². The predicted octanol–water partition coefficient (Wildman–Crippen LogP) is 6.97.